The number of benzene rings is 2. The fraction of sp³-hybridized carbons (Fsp3) is 0.176. The first-order chi connectivity index (χ1) is 12.6. The molecule has 0 radical (unpaired) electrons. The second-order valence-electron chi connectivity index (χ2n) is 5.26. The van der Waals surface area contributed by atoms with Gasteiger partial charge < -0.3 is 10.1 Å². The largest absolute Gasteiger partial charge is 0.492 e. The van der Waals surface area contributed by atoms with E-state index in [0.717, 1.165) is 9.36 Å². The Labute approximate surface area is 153 Å². The van der Waals surface area contributed by atoms with Gasteiger partial charge in [-0.1, -0.05) is 35.9 Å². The summed E-state index contributed by atoms with van der Waals surface area (Å²) in [6, 6.07) is 13.8. The molecule has 3 rings (SSSR count). The van der Waals surface area contributed by atoms with Crippen molar-refractivity contribution in [2.45, 2.75) is 13.5 Å². The normalized spacial score (nSPS) is 10.5. The number of para-hydroxylation sites is 3. The van der Waals surface area contributed by atoms with Gasteiger partial charge in [0.2, 0.25) is 5.91 Å². The Bertz CT molecular complexity index is 982. The van der Waals surface area contributed by atoms with Crippen LogP contribution in [0.2, 0.25) is 5.02 Å². The van der Waals surface area contributed by atoms with Gasteiger partial charge in [-0.2, -0.15) is 9.36 Å². The highest BCUT2D eigenvalue weighted by Gasteiger charge is 2.15. The molecule has 0 aliphatic rings. The molecular weight excluding hydrogens is 358 g/mol. The van der Waals surface area contributed by atoms with Crippen molar-refractivity contribution in [3.63, 3.8) is 0 Å². The molecule has 26 heavy (non-hydrogen) atoms. The summed E-state index contributed by atoms with van der Waals surface area (Å²) in [4.78, 5) is 24.7. The van der Waals surface area contributed by atoms with Crippen LogP contribution in [0.25, 0.3) is 5.69 Å². The number of carbonyl (C=O) groups excluding carboxylic acids is 1. The first-order valence-corrected chi connectivity index (χ1v) is 8.27. The number of hydrogen-bond acceptors (Lipinski definition) is 5. The van der Waals surface area contributed by atoms with Crippen LogP contribution in [0, 0.1) is 0 Å². The molecule has 0 spiro atoms. The zero-order valence-corrected chi connectivity index (χ0v) is 14.7. The number of carbonyl (C=O) groups is 1. The van der Waals surface area contributed by atoms with Crippen LogP contribution in [0.3, 0.4) is 0 Å². The molecule has 1 heterocycles. The summed E-state index contributed by atoms with van der Waals surface area (Å²) in [5.41, 5.74) is 0.352. The Morgan fingerprint density at radius 2 is 1.88 bits per heavy atom. The molecule has 0 fully saturated rings. The number of halogens is 1. The van der Waals surface area contributed by atoms with Gasteiger partial charge in [0.1, 0.15) is 12.3 Å². The van der Waals surface area contributed by atoms with E-state index in [4.69, 9.17) is 16.3 Å². The van der Waals surface area contributed by atoms with Crippen LogP contribution >= 0.6 is 11.6 Å². The van der Waals surface area contributed by atoms with Crippen molar-refractivity contribution in [3.8, 4) is 11.4 Å². The molecule has 0 atom stereocenters. The molecule has 1 N–H and O–H groups in total. The summed E-state index contributed by atoms with van der Waals surface area (Å²) in [6.07, 6.45) is 0. The van der Waals surface area contributed by atoms with Crippen LogP contribution < -0.4 is 15.7 Å². The molecule has 3 aromatic rings. The van der Waals surface area contributed by atoms with E-state index in [0.29, 0.717) is 28.8 Å². The molecule has 0 aliphatic carbocycles. The summed E-state index contributed by atoms with van der Waals surface area (Å²) >= 11 is 6.07. The van der Waals surface area contributed by atoms with Gasteiger partial charge in [0, 0.05) is 0 Å². The van der Waals surface area contributed by atoms with Crippen LogP contribution in [0.1, 0.15) is 6.92 Å². The first kappa shape index (κ1) is 17.7. The number of anilines is 1. The fourth-order valence-electron chi connectivity index (χ4n) is 2.33. The van der Waals surface area contributed by atoms with E-state index in [1.807, 2.05) is 6.92 Å². The number of nitrogens with one attached hydrogen (secondary N) is 1. The molecule has 9 heteroatoms. The van der Waals surface area contributed by atoms with Crippen molar-refractivity contribution in [1.82, 2.24) is 19.8 Å². The lowest BCUT2D eigenvalue weighted by molar-refractivity contribution is -0.117. The van der Waals surface area contributed by atoms with Crippen LogP contribution in [0.15, 0.2) is 53.3 Å². The zero-order valence-electron chi connectivity index (χ0n) is 13.9. The second-order valence-corrected chi connectivity index (χ2v) is 5.67. The average molecular weight is 374 g/mol. The van der Waals surface area contributed by atoms with E-state index in [1.54, 1.807) is 48.5 Å². The minimum absolute atomic E-state index is 0.288. The predicted molar refractivity (Wildman–Crippen MR) is 96.9 cm³/mol. The van der Waals surface area contributed by atoms with Crippen molar-refractivity contribution < 1.29 is 9.53 Å². The van der Waals surface area contributed by atoms with Crippen LogP contribution in [-0.4, -0.2) is 32.3 Å². The second kappa shape index (κ2) is 7.83. The Kier molecular flexibility index (Phi) is 5.33. The zero-order chi connectivity index (χ0) is 18.5. The highest BCUT2D eigenvalue weighted by Crippen LogP contribution is 2.23. The highest BCUT2D eigenvalue weighted by molar-refractivity contribution is 6.32. The molecule has 1 aromatic heterocycles. The minimum Gasteiger partial charge on any atom is -0.492 e. The van der Waals surface area contributed by atoms with Gasteiger partial charge in [-0.15, -0.1) is 0 Å². The topological polar surface area (TPSA) is 91.0 Å². The monoisotopic (exact) mass is 373 g/mol. The van der Waals surface area contributed by atoms with E-state index in [1.165, 1.54) is 0 Å². The average Bonchev–Trinajstić information content (AvgIpc) is 2.98. The van der Waals surface area contributed by atoms with Crippen molar-refractivity contribution in [1.29, 1.82) is 0 Å². The summed E-state index contributed by atoms with van der Waals surface area (Å²) < 4.78 is 7.46. The summed E-state index contributed by atoms with van der Waals surface area (Å²) in [7, 11) is 0. The number of hydrogen-bond donors (Lipinski definition) is 1. The maximum absolute atomic E-state index is 12.4. The van der Waals surface area contributed by atoms with Crippen molar-refractivity contribution in [2.75, 3.05) is 11.9 Å². The van der Waals surface area contributed by atoms with Crippen LogP contribution in [0.4, 0.5) is 5.69 Å². The maximum atomic E-state index is 12.4. The SMILES string of the molecule is CCOc1ccccc1NC(=O)Cn1nnn(-c2ccccc2Cl)c1=O. The minimum atomic E-state index is -0.564. The molecule has 1 amide bonds. The van der Waals surface area contributed by atoms with Crippen LogP contribution in [-0.2, 0) is 11.3 Å². The Balaban J connectivity index is 1.77. The summed E-state index contributed by atoms with van der Waals surface area (Å²) in [5.74, 6) is 0.126. The third-order valence-corrected chi connectivity index (χ3v) is 3.79. The van der Waals surface area contributed by atoms with Gasteiger partial charge in [-0.05, 0) is 41.6 Å². The van der Waals surface area contributed by atoms with Gasteiger partial charge in [0.15, 0.2) is 0 Å². The number of ether oxygens (including phenoxy) is 1. The van der Waals surface area contributed by atoms with E-state index >= 15 is 0 Å². The fourth-order valence-corrected chi connectivity index (χ4v) is 2.54. The number of aromatic nitrogens is 4. The number of rotatable bonds is 6. The smallest absolute Gasteiger partial charge is 0.369 e. The van der Waals surface area contributed by atoms with Gasteiger partial charge in [0.05, 0.1) is 23.0 Å². The Morgan fingerprint density at radius 3 is 2.65 bits per heavy atom. The third kappa shape index (κ3) is 3.75. The van der Waals surface area contributed by atoms with Gasteiger partial charge >= 0.3 is 5.69 Å². The summed E-state index contributed by atoms with van der Waals surface area (Å²) in [5, 5.41) is 10.6. The lowest BCUT2D eigenvalue weighted by atomic mass is 10.3. The molecule has 0 saturated carbocycles. The molecular formula is C17H16ClN5O3. The van der Waals surface area contributed by atoms with Crippen molar-refractivity contribution in [3.05, 3.63) is 64.0 Å². The van der Waals surface area contributed by atoms with Gasteiger partial charge in [-0.3, -0.25) is 4.79 Å². The lowest BCUT2D eigenvalue weighted by Gasteiger charge is -2.10. The van der Waals surface area contributed by atoms with Gasteiger partial charge in [-0.25, -0.2) is 4.79 Å². The Hall–Kier alpha value is -3.13. The highest BCUT2D eigenvalue weighted by atomic mass is 35.5. The number of amides is 1. The third-order valence-electron chi connectivity index (χ3n) is 3.47. The molecule has 0 saturated heterocycles. The first-order valence-electron chi connectivity index (χ1n) is 7.89. The molecule has 0 unspecified atom stereocenters. The molecule has 2 aromatic carbocycles. The van der Waals surface area contributed by atoms with E-state index < -0.39 is 11.6 Å². The maximum Gasteiger partial charge on any atom is 0.369 e. The van der Waals surface area contributed by atoms with E-state index in [2.05, 4.69) is 15.7 Å². The van der Waals surface area contributed by atoms with Crippen LogP contribution in [0.5, 0.6) is 5.75 Å². The Morgan fingerprint density at radius 1 is 1.15 bits per heavy atom. The number of nitrogens with zero attached hydrogens (tertiary/aromatic N) is 4. The number of tetrazole rings is 1. The molecule has 0 aliphatic heterocycles. The van der Waals surface area contributed by atoms with E-state index in [-0.39, 0.29) is 6.54 Å². The van der Waals surface area contributed by atoms with Crippen molar-refractivity contribution >= 4 is 23.2 Å². The van der Waals surface area contributed by atoms with E-state index in [9.17, 15) is 9.59 Å². The van der Waals surface area contributed by atoms with Crippen molar-refractivity contribution in [2.24, 2.45) is 0 Å². The standard InChI is InChI=1S/C17H16ClN5O3/c1-2-26-15-10-6-4-8-13(15)19-16(24)11-22-17(25)23(21-20-22)14-9-5-3-7-12(14)18/h3-10H,2,11H2,1H3,(H,19,24). The lowest BCUT2D eigenvalue weighted by Crippen LogP contribution is -2.29. The van der Waals surface area contributed by atoms with Gasteiger partial charge in [0.25, 0.3) is 0 Å². The molecule has 8 nitrogen and oxygen atoms in total. The molecule has 0 bridgehead atoms. The quantitative estimate of drug-likeness (QED) is 0.714. The summed E-state index contributed by atoms with van der Waals surface area (Å²) in [6.45, 7) is 2.04. The molecule has 134 valence electrons. The predicted octanol–water partition coefficient (Wildman–Crippen LogP) is 2.12.